The smallest absolute Gasteiger partial charge is 0.344 e. The van der Waals surface area contributed by atoms with Crippen LogP contribution in [-0.4, -0.2) is 49.3 Å². The number of aromatic nitrogens is 4. The van der Waals surface area contributed by atoms with Crippen molar-refractivity contribution in [3.63, 3.8) is 0 Å². The summed E-state index contributed by atoms with van der Waals surface area (Å²) in [6.07, 6.45) is 0. The van der Waals surface area contributed by atoms with Crippen molar-refractivity contribution in [2.45, 2.75) is 26.2 Å². The van der Waals surface area contributed by atoms with E-state index >= 15 is 0 Å². The van der Waals surface area contributed by atoms with Crippen LogP contribution < -0.4 is 5.56 Å². The number of benzene rings is 2. The largest absolute Gasteiger partial charge is 0.492 e. The molecular weight excluding hydrogens is 472 g/mol. The molecule has 2 aromatic heterocycles. The van der Waals surface area contributed by atoms with Crippen molar-refractivity contribution >= 4 is 23.2 Å². The van der Waals surface area contributed by atoms with Gasteiger partial charge in [0.15, 0.2) is 5.82 Å². The molecule has 0 aliphatic rings. The molecular formula is C26H26N8O3. The number of nitrogens with zero attached hydrogens (tertiary/aromatic N) is 8. The summed E-state index contributed by atoms with van der Waals surface area (Å²) in [5, 5.41) is 23.7. The molecule has 11 heteroatoms. The van der Waals surface area contributed by atoms with Gasteiger partial charge in [-0.1, -0.05) is 57.2 Å². The fourth-order valence-corrected chi connectivity index (χ4v) is 3.70. The number of amides is 1. The molecule has 0 saturated heterocycles. The Morgan fingerprint density at radius 3 is 2.00 bits per heavy atom. The summed E-state index contributed by atoms with van der Waals surface area (Å²) in [4.78, 5) is 31.2. The Bertz CT molecular complexity index is 1580. The lowest BCUT2D eigenvalue weighted by Gasteiger charge is -2.15. The van der Waals surface area contributed by atoms with E-state index in [0.29, 0.717) is 17.1 Å². The maximum Gasteiger partial charge on any atom is 0.344 e. The molecule has 2 heterocycles. The highest BCUT2D eigenvalue weighted by Gasteiger charge is 2.30. The van der Waals surface area contributed by atoms with Gasteiger partial charge in [-0.15, -0.1) is 10.2 Å². The van der Waals surface area contributed by atoms with Crippen molar-refractivity contribution in [1.29, 1.82) is 0 Å². The number of hydrogen-bond acceptors (Lipinski definition) is 6. The Labute approximate surface area is 213 Å². The van der Waals surface area contributed by atoms with E-state index < -0.39 is 22.9 Å². The molecule has 0 radical (unpaired) electrons. The molecule has 37 heavy (non-hydrogen) atoms. The maximum atomic E-state index is 13.5. The second-order valence-electron chi connectivity index (χ2n) is 9.44. The lowest BCUT2D eigenvalue weighted by atomic mass is 9.91. The lowest BCUT2D eigenvalue weighted by molar-refractivity contribution is 0.216. The van der Waals surface area contributed by atoms with Gasteiger partial charge < -0.3 is 10.0 Å². The third-order valence-electron chi connectivity index (χ3n) is 5.48. The zero-order valence-electron chi connectivity index (χ0n) is 21.1. The summed E-state index contributed by atoms with van der Waals surface area (Å²) in [5.41, 5.74) is -0.144. The minimum atomic E-state index is -0.637. The van der Waals surface area contributed by atoms with Crippen molar-refractivity contribution in [2.75, 3.05) is 14.1 Å². The highest BCUT2D eigenvalue weighted by Crippen LogP contribution is 2.40. The first-order valence-electron chi connectivity index (χ1n) is 11.4. The van der Waals surface area contributed by atoms with Gasteiger partial charge in [-0.05, 0) is 29.7 Å². The number of aromatic hydroxyl groups is 1. The summed E-state index contributed by atoms with van der Waals surface area (Å²) in [5.74, 6) is -0.578. The Hall–Kier alpha value is -4.98. The zero-order chi connectivity index (χ0) is 26.9. The molecule has 0 unspecified atom stereocenters. The number of carbonyl (C=O) groups is 1. The summed E-state index contributed by atoms with van der Waals surface area (Å²) in [7, 11) is 3.09. The van der Waals surface area contributed by atoms with Crippen molar-refractivity contribution in [2.24, 2.45) is 10.2 Å². The number of hydrogen-bond donors (Lipinski definition) is 1. The van der Waals surface area contributed by atoms with Gasteiger partial charge in [0.05, 0.1) is 23.6 Å². The molecule has 4 aromatic rings. The van der Waals surface area contributed by atoms with Crippen LogP contribution in [0.1, 0.15) is 26.5 Å². The minimum Gasteiger partial charge on any atom is -0.492 e. The van der Waals surface area contributed by atoms with Gasteiger partial charge in [0.1, 0.15) is 0 Å². The van der Waals surface area contributed by atoms with Crippen LogP contribution >= 0.6 is 0 Å². The van der Waals surface area contributed by atoms with Gasteiger partial charge in [-0.3, -0.25) is 4.79 Å². The maximum absolute atomic E-state index is 13.5. The molecule has 1 amide bonds. The molecule has 0 spiro atoms. The van der Waals surface area contributed by atoms with Gasteiger partial charge in [-0.25, -0.2) is 19.0 Å². The van der Waals surface area contributed by atoms with Crippen molar-refractivity contribution in [1.82, 2.24) is 24.0 Å². The first-order valence-corrected chi connectivity index (χ1v) is 11.4. The first-order chi connectivity index (χ1) is 17.6. The summed E-state index contributed by atoms with van der Waals surface area (Å²) in [6, 6.07) is 17.1. The van der Waals surface area contributed by atoms with E-state index in [4.69, 9.17) is 6.57 Å². The summed E-state index contributed by atoms with van der Waals surface area (Å²) < 4.78 is 3.58. The fraction of sp³-hybridized carbons (Fsp3) is 0.231. The molecule has 2 aromatic carbocycles. The fourth-order valence-electron chi connectivity index (χ4n) is 3.70. The summed E-state index contributed by atoms with van der Waals surface area (Å²) in [6.45, 7) is 13.3. The predicted octanol–water partition coefficient (Wildman–Crippen LogP) is 5.32. The molecule has 0 aliphatic heterocycles. The number of para-hydroxylation sites is 2. The van der Waals surface area contributed by atoms with Gasteiger partial charge in [0.25, 0.3) is 5.69 Å². The monoisotopic (exact) mass is 498 g/mol. The molecule has 4 rings (SSSR count). The van der Waals surface area contributed by atoms with E-state index in [2.05, 4.69) is 20.2 Å². The average molecular weight is 499 g/mol. The Balaban J connectivity index is 1.97. The van der Waals surface area contributed by atoms with Gasteiger partial charge >= 0.3 is 11.6 Å². The van der Waals surface area contributed by atoms with E-state index in [9.17, 15) is 14.7 Å². The first kappa shape index (κ1) is 25.1. The Morgan fingerprint density at radius 2 is 1.51 bits per heavy atom. The highest BCUT2D eigenvalue weighted by atomic mass is 16.3. The number of azo groups is 1. The molecule has 0 atom stereocenters. The van der Waals surface area contributed by atoms with Crippen molar-refractivity contribution in [3.8, 4) is 17.3 Å². The third kappa shape index (κ3) is 4.52. The quantitative estimate of drug-likeness (QED) is 0.303. The van der Waals surface area contributed by atoms with Crippen LogP contribution in [0.15, 0.2) is 75.7 Å². The van der Waals surface area contributed by atoms with Crippen LogP contribution in [0.2, 0.25) is 0 Å². The van der Waals surface area contributed by atoms with E-state index in [1.165, 1.54) is 14.3 Å². The minimum absolute atomic E-state index is 0.0387. The lowest BCUT2D eigenvalue weighted by Crippen LogP contribution is -2.28. The van der Waals surface area contributed by atoms with Crippen LogP contribution in [0.3, 0.4) is 0 Å². The van der Waals surface area contributed by atoms with Crippen molar-refractivity contribution < 1.29 is 9.90 Å². The Morgan fingerprint density at radius 1 is 0.973 bits per heavy atom. The van der Waals surface area contributed by atoms with Crippen LogP contribution in [0.25, 0.3) is 16.2 Å². The standard InChI is InChI=1S/C26H26N8O3/c1-26(2,3)21-19(27-4)22(32(30-21)25(37)31(5)6)29-28-20-23(35)33(17-13-9-7-10-14-17)34(24(20)36)18-15-11-8-12-16-18/h7-16,35H,1-3,5-6H3. The van der Waals surface area contributed by atoms with E-state index in [-0.39, 0.29) is 17.2 Å². The van der Waals surface area contributed by atoms with Crippen molar-refractivity contribution in [3.05, 3.63) is 88.1 Å². The highest BCUT2D eigenvalue weighted by molar-refractivity contribution is 5.83. The van der Waals surface area contributed by atoms with Crippen LogP contribution in [-0.2, 0) is 5.41 Å². The zero-order valence-corrected chi connectivity index (χ0v) is 21.1. The SMILES string of the molecule is [C-]#[N+]c1c(C(C)(C)C)nn(C(=O)N(C)C)c1N=Nc1c(O)n(-c2ccccc2)n(-c2ccccc2)c1=O. The topological polar surface area (TPSA) is 114 Å². The van der Waals surface area contributed by atoms with E-state index in [0.717, 1.165) is 4.68 Å². The Kier molecular flexibility index (Phi) is 6.50. The second kappa shape index (κ2) is 9.58. The van der Waals surface area contributed by atoms with Crippen LogP contribution in [0, 0.1) is 6.57 Å². The normalized spacial score (nSPS) is 11.6. The molecule has 0 saturated carbocycles. The summed E-state index contributed by atoms with van der Waals surface area (Å²) >= 11 is 0. The molecule has 1 N–H and O–H groups in total. The molecule has 0 aliphatic carbocycles. The van der Waals surface area contributed by atoms with Crippen LogP contribution in [0.4, 0.5) is 22.0 Å². The molecule has 188 valence electrons. The molecule has 0 fully saturated rings. The number of rotatable bonds is 4. The second-order valence-corrected chi connectivity index (χ2v) is 9.44. The van der Waals surface area contributed by atoms with Gasteiger partial charge in [-0.2, -0.15) is 9.78 Å². The van der Waals surface area contributed by atoms with Crippen LogP contribution in [0.5, 0.6) is 5.88 Å². The molecule has 0 bridgehead atoms. The average Bonchev–Trinajstić information content (AvgIpc) is 3.37. The molecule has 11 nitrogen and oxygen atoms in total. The van der Waals surface area contributed by atoms with Gasteiger partial charge in [0.2, 0.25) is 11.6 Å². The predicted molar refractivity (Wildman–Crippen MR) is 139 cm³/mol. The van der Waals surface area contributed by atoms with Gasteiger partial charge in [0, 0.05) is 14.1 Å². The third-order valence-corrected chi connectivity index (χ3v) is 5.48. The van der Waals surface area contributed by atoms with E-state index in [1.54, 1.807) is 62.6 Å². The number of carbonyl (C=O) groups excluding carboxylic acids is 1. The van der Waals surface area contributed by atoms with E-state index in [1.807, 2.05) is 32.9 Å².